The molecule has 1 N–H and O–H groups in total. The summed E-state index contributed by atoms with van der Waals surface area (Å²) in [5, 5.41) is 3.62. The molecule has 0 unspecified atom stereocenters. The highest BCUT2D eigenvalue weighted by atomic mass is 79.9. The lowest BCUT2D eigenvalue weighted by atomic mass is 10.1. The molecule has 0 aliphatic carbocycles. The van der Waals surface area contributed by atoms with Crippen LogP contribution in [-0.2, 0) is 6.18 Å². The van der Waals surface area contributed by atoms with Gasteiger partial charge >= 0.3 is 6.18 Å². The minimum absolute atomic E-state index is 0.145. The lowest BCUT2D eigenvalue weighted by Gasteiger charge is -2.07. The molecule has 2 aromatic rings. The van der Waals surface area contributed by atoms with E-state index in [9.17, 15) is 18.0 Å². The molecule has 0 atom stereocenters. The summed E-state index contributed by atoms with van der Waals surface area (Å²) in [6, 6.07) is 5.66. The first-order valence-electron chi connectivity index (χ1n) is 5.73. The molecule has 4 nitrogen and oxygen atoms in total. The molecule has 0 saturated carbocycles. The summed E-state index contributed by atoms with van der Waals surface area (Å²) in [6.07, 6.45) is -3.28. The quantitative estimate of drug-likeness (QED) is 0.561. The van der Waals surface area contributed by atoms with Gasteiger partial charge in [0.2, 0.25) is 0 Å². The van der Waals surface area contributed by atoms with Gasteiger partial charge in [0.25, 0.3) is 5.91 Å². The number of benzene rings is 1. The fourth-order valence-electron chi connectivity index (χ4n) is 1.48. The molecule has 0 saturated heterocycles. The normalized spacial score (nSPS) is 11.9. The Hall–Kier alpha value is -1.61. The van der Waals surface area contributed by atoms with Crippen molar-refractivity contribution in [2.45, 2.75) is 6.18 Å². The van der Waals surface area contributed by atoms with Crippen molar-refractivity contribution in [3.8, 4) is 0 Å². The summed E-state index contributed by atoms with van der Waals surface area (Å²) >= 11 is 6.33. The van der Waals surface area contributed by atoms with Crippen LogP contribution in [0.4, 0.5) is 13.2 Å². The Labute approximate surface area is 139 Å². The molecule has 0 aliphatic heterocycles. The number of furan rings is 1. The van der Waals surface area contributed by atoms with E-state index in [1.165, 1.54) is 12.3 Å². The van der Waals surface area contributed by atoms with Crippen molar-refractivity contribution < 1.29 is 22.4 Å². The van der Waals surface area contributed by atoms with Crippen LogP contribution in [0.5, 0.6) is 0 Å². The fourth-order valence-corrected chi connectivity index (χ4v) is 2.09. The first kappa shape index (κ1) is 16.8. The molecular formula is C13H7Br2F3N2O2. The Bertz CT molecular complexity index is 707. The van der Waals surface area contributed by atoms with Crippen LogP contribution in [0, 0.1) is 0 Å². The second-order valence-electron chi connectivity index (χ2n) is 4.05. The molecule has 1 amide bonds. The van der Waals surface area contributed by atoms with Gasteiger partial charge < -0.3 is 4.42 Å². The Morgan fingerprint density at radius 2 is 2.00 bits per heavy atom. The van der Waals surface area contributed by atoms with Gasteiger partial charge in [-0.3, -0.25) is 4.79 Å². The van der Waals surface area contributed by atoms with Gasteiger partial charge in [0.1, 0.15) is 5.76 Å². The Morgan fingerprint density at radius 3 is 2.59 bits per heavy atom. The third-order valence-electron chi connectivity index (χ3n) is 2.47. The summed E-state index contributed by atoms with van der Waals surface area (Å²) in [7, 11) is 0. The number of carbonyl (C=O) groups excluding carboxylic acids is 1. The zero-order chi connectivity index (χ0) is 16.3. The lowest BCUT2D eigenvalue weighted by Crippen LogP contribution is -2.18. The summed E-state index contributed by atoms with van der Waals surface area (Å²) in [4.78, 5) is 11.7. The van der Waals surface area contributed by atoms with E-state index in [1.807, 2.05) is 0 Å². The Morgan fingerprint density at radius 1 is 1.27 bits per heavy atom. The highest BCUT2D eigenvalue weighted by molar-refractivity contribution is 9.13. The first-order valence-corrected chi connectivity index (χ1v) is 7.31. The minimum Gasteiger partial charge on any atom is -0.447 e. The number of alkyl halides is 3. The Kier molecular flexibility index (Phi) is 5.07. The third kappa shape index (κ3) is 4.20. The van der Waals surface area contributed by atoms with Gasteiger partial charge in [0.15, 0.2) is 4.67 Å². The molecule has 22 heavy (non-hydrogen) atoms. The molecule has 1 heterocycles. The summed E-state index contributed by atoms with van der Waals surface area (Å²) in [5.41, 5.74) is 1.08. The maximum Gasteiger partial charge on any atom is 0.416 e. The average molecular weight is 440 g/mol. The van der Waals surface area contributed by atoms with E-state index in [0.29, 0.717) is 14.9 Å². The number of halogens is 5. The topological polar surface area (TPSA) is 54.6 Å². The maximum absolute atomic E-state index is 12.6. The zero-order valence-electron chi connectivity index (χ0n) is 10.6. The summed E-state index contributed by atoms with van der Waals surface area (Å²) in [5.74, 6) is -0.407. The van der Waals surface area contributed by atoms with Gasteiger partial charge in [-0.2, -0.15) is 18.3 Å². The van der Waals surface area contributed by atoms with Crippen molar-refractivity contribution in [3.05, 3.63) is 56.4 Å². The van der Waals surface area contributed by atoms with Gasteiger partial charge in [-0.25, -0.2) is 5.43 Å². The zero-order valence-corrected chi connectivity index (χ0v) is 13.8. The SMILES string of the molecule is O=C(NN=Cc1cc(Br)c(Br)o1)c1cccc(C(F)(F)F)c1. The Balaban J connectivity index is 2.06. The highest BCUT2D eigenvalue weighted by Gasteiger charge is 2.30. The minimum atomic E-state index is -4.51. The van der Waals surface area contributed by atoms with Gasteiger partial charge in [-0.15, -0.1) is 0 Å². The number of hydrogen-bond donors (Lipinski definition) is 1. The van der Waals surface area contributed by atoms with Crippen molar-refractivity contribution in [1.29, 1.82) is 0 Å². The van der Waals surface area contributed by atoms with Crippen LogP contribution in [0.2, 0.25) is 0 Å². The van der Waals surface area contributed by atoms with E-state index < -0.39 is 17.6 Å². The van der Waals surface area contributed by atoms with E-state index in [1.54, 1.807) is 6.07 Å². The number of hydrogen-bond acceptors (Lipinski definition) is 3. The van der Waals surface area contributed by atoms with Crippen molar-refractivity contribution in [1.82, 2.24) is 5.43 Å². The molecule has 9 heteroatoms. The number of amides is 1. The van der Waals surface area contributed by atoms with Gasteiger partial charge in [0, 0.05) is 11.6 Å². The molecular weight excluding hydrogens is 433 g/mol. The van der Waals surface area contributed by atoms with E-state index in [4.69, 9.17) is 4.42 Å². The summed E-state index contributed by atoms with van der Waals surface area (Å²) < 4.78 is 44.0. The van der Waals surface area contributed by atoms with E-state index in [2.05, 4.69) is 42.4 Å². The van der Waals surface area contributed by atoms with E-state index >= 15 is 0 Å². The largest absolute Gasteiger partial charge is 0.447 e. The standard InChI is InChI=1S/C13H7Br2F3N2O2/c14-10-5-9(22-11(10)15)6-19-20-12(21)7-2-1-3-8(4-7)13(16,17)18/h1-6H,(H,20,21). The number of nitrogens with zero attached hydrogens (tertiary/aromatic N) is 1. The monoisotopic (exact) mass is 438 g/mol. The molecule has 2 rings (SSSR count). The predicted molar refractivity (Wildman–Crippen MR) is 80.6 cm³/mol. The highest BCUT2D eigenvalue weighted by Crippen LogP contribution is 2.29. The van der Waals surface area contributed by atoms with Gasteiger partial charge in [-0.1, -0.05) is 6.07 Å². The van der Waals surface area contributed by atoms with Crippen LogP contribution in [-0.4, -0.2) is 12.1 Å². The first-order chi connectivity index (χ1) is 10.3. The van der Waals surface area contributed by atoms with Gasteiger partial charge in [-0.05, 0) is 50.1 Å². The molecule has 0 bridgehead atoms. The second-order valence-corrected chi connectivity index (χ2v) is 5.62. The molecule has 0 radical (unpaired) electrons. The van der Waals surface area contributed by atoms with Crippen LogP contribution < -0.4 is 5.43 Å². The summed E-state index contributed by atoms with van der Waals surface area (Å²) in [6.45, 7) is 0. The number of rotatable bonds is 3. The van der Waals surface area contributed by atoms with Gasteiger partial charge in [0.05, 0.1) is 16.3 Å². The second kappa shape index (κ2) is 6.66. The molecule has 0 fully saturated rings. The fraction of sp³-hybridized carbons (Fsp3) is 0.0769. The van der Waals surface area contributed by atoms with E-state index in [0.717, 1.165) is 18.2 Å². The smallest absolute Gasteiger partial charge is 0.416 e. The average Bonchev–Trinajstić information content (AvgIpc) is 2.77. The molecule has 0 aliphatic rings. The van der Waals surface area contributed by atoms with Crippen molar-refractivity contribution >= 4 is 44.0 Å². The van der Waals surface area contributed by atoms with Crippen LogP contribution >= 0.6 is 31.9 Å². The molecule has 1 aromatic heterocycles. The van der Waals surface area contributed by atoms with Crippen LogP contribution in [0.15, 0.2) is 49.0 Å². The maximum atomic E-state index is 12.6. The number of carbonyl (C=O) groups is 1. The number of hydrazone groups is 1. The van der Waals surface area contributed by atoms with Crippen LogP contribution in [0.25, 0.3) is 0 Å². The van der Waals surface area contributed by atoms with Crippen LogP contribution in [0.1, 0.15) is 21.7 Å². The van der Waals surface area contributed by atoms with Crippen LogP contribution in [0.3, 0.4) is 0 Å². The van der Waals surface area contributed by atoms with Crippen molar-refractivity contribution in [2.75, 3.05) is 0 Å². The lowest BCUT2D eigenvalue weighted by molar-refractivity contribution is -0.137. The predicted octanol–water partition coefficient (Wildman–Crippen LogP) is 4.59. The molecule has 116 valence electrons. The van der Waals surface area contributed by atoms with Crippen molar-refractivity contribution in [2.24, 2.45) is 5.10 Å². The number of nitrogens with one attached hydrogen (secondary N) is 1. The molecule has 1 aromatic carbocycles. The molecule has 0 spiro atoms. The van der Waals surface area contributed by atoms with E-state index in [-0.39, 0.29) is 5.56 Å². The van der Waals surface area contributed by atoms with Crippen molar-refractivity contribution in [3.63, 3.8) is 0 Å². The third-order valence-corrected chi connectivity index (χ3v) is 4.18.